The Balaban J connectivity index is 2.00. The molecule has 20 heavy (non-hydrogen) atoms. The Hall–Kier alpha value is -2.62. The highest BCUT2D eigenvalue weighted by Gasteiger charge is 2.02. The predicted octanol–water partition coefficient (Wildman–Crippen LogP) is 3.49. The van der Waals surface area contributed by atoms with Gasteiger partial charge in [-0.1, -0.05) is 24.3 Å². The highest BCUT2D eigenvalue weighted by Crippen LogP contribution is 2.14. The van der Waals surface area contributed by atoms with Crippen molar-refractivity contribution in [1.29, 1.82) is 0 Å². The van der Waals surface area contributed by atoms with E-state index >= 15 is 0 Å². The third-order valence-electron chi connectivity index (χ3n) is 2.67. The number of hydrogen-bond acceptors (Lipinski definition) is 2. The van der Waals surface area contributed by atoms with Crippen LogP contribution in [0.4, 0.5) is 10.1 Å². The lowest BCUT2D eigenvalue weighted by molar-refractivity contribution is -0.111. The van der Waals surface area contributed by atoms with Crippen molar-refractivity contribution in [2.75, 3.05) is 12.4 Å². The molecule has 102 valence electrons. The minimum atomic E-state index is -0.460. The Morgan fingerprint density at radius 1 is 1.15 bits per heavy atom. The van der Waals surface area contributed by atoms with Gasteiger partial charge >= 0.3 is 0 Å². The van der Waals surface area contributed by atoms with Gasteiger partial charge in [-0.2, -0.15) is 0 Å². The molecule has 0 heterocycles. The summed E-state index contributed by atoms with van der Waals surface area (Å²) in [5, 5.41) is 2.48. The van der Waals surface area contributed by atoms with Gasteiger partial charge in [0.25, 0.3) is 0 Å². The molecule has 0 bridgehead atoms. The number of halogens is 1. The first-order chi connectivity index (χ1) is 9.69. The van der Waals surface area contributed by atoms with Crippen LogP contribution >= 0.6 is 0 Å². The summed E-state index contributed by atoms with van der Waals surface area (Å²) in [7, 11) is 1.59. The molecule has 1 N–H and O–H groups in total. The number of carbonyl (C=O) groups is 1. The molecule has 0 radical (unpaired) electrons. The fraction of sp³-hybridized carbons (Fsp3) is 0.0625. The standard InChI is InChI=1S/C16H14FNO2/c1-20-13-9-6-12(7-10-13)8-11-16(19)18-15-5-3-2-4-14(15)17/h2-11H,1H3,(H,18,19)/b11-8+. The smallest absolute Gasteiger partial charge is 0.248 e. The van der Waals surface area contributed by atoms with E-state index in [1.807, 2.05) is 12.1 Å². The van der Waals surface area contributed by atoms with Crippen LogP contribution in [0.5, 0.6) is 5.75 Å². The van der Waals surface area contributed by atoms with Crippen molar-refractivity contribution in [2.45, 2.75) is 0 Å². The zero-order valence-electron chi connectivity index (χ0n) is 11.0. The van der Waals surface area contributed by atoms with Crippen LogP contribution in [0.25, 0.3) is 6.08 Å². The number of hydrogen-bond donors (Lipinski definition) is 1. The maximum Gasteiger partial charge on any atom is 0.248 e. The Kier molecular flexibility index (Phi) is 4.50. The Labute approximate surface area is 116 Å². The Morgan fingerprint density at radius 2 is 1.85 bits per heavy atom. The van der Waals surface area contributed by atoms with Gasteiger partial charge in [-0.15, -0.1) is 0 Å². The molecule has 2 aromatic rings. The number of rotatable bonds is 4. The number of para-hydroxylation sites is 1. The quantitative estimate of drug-likeness (QED) is 0.864. The van der Waals surface area contributed by atoms with E-state index in [0.29, 0.717) is 0 Å². The average molecular weight is 271 g/mol. The van der Waals surface area contributed by atoms with E-state index in [-0.39, 0.29) is 11.6 Å². The summed E-state index contributed by atoms with van der Waals surface area (Å²) in [4.78, 5) is 11.7. The van der Waals surface area contributed by atoms with Gasteiger partial charge in [0.1, 0.15) is 11.6 Å². The van der Waals surface area contributed by atoms with Crippen LogP contribution < -0.4 is 10.1 Å². The van der Waals surface area contributed by atoms with Gasteiger partial charge < -0.3 is 10.1 Å². The molecule has 0 saturated carbocycles. The van der Waals surface area contributed by atoms with Gasteiger partial charge in [0.2, 0.25) is 5.91 Å². The van der Waals surface area contributed by atoms with Crippen molar-refractivity contribution >= 4 is 17.7 Å². The topological polar surface area (TPSA) is 38.3 Å². The molecule has 3 nitrogen and oxygen atoms in total. The van der Waals surface area contributed by atoms with E-state index < -0.39 is 5.82 Å². The van der Waals surface area contributed by atoms with Crippen molar-refractivity contribution in [1.82, 2.24) is 0 Å². The number of amides is 1. The zero-order chi connectivity index (χ0) is 14.4. The average Bonchev–Trinajstić information content (AvgIpc) is 2.48. The summed E-state index contributed by atoms with van der Waals surface area (Å²) in [6.07, 6.45) is 3.00. The summed E-state index contributed by atoms with van der Waals surface area (Å²) < 4.78 is 18.4. The first kappa shape index (κ1) is 13.8. The molecule has 0 spiro atoms. The molecule has 0 saturated heterocycles. The van der Waals surface area contributed by atoms with Crippen molar-refractivity contribution < 1.29 is 13.9 Å². The van der Waals surface area contributed by atoms with Crippen LogP contribution in [-0.4, -0.2) is 13.0 Å². The molecule has 0 aliphatic heterocycles. The van der Waals surface area contributed by atoms with E-state index in [2.05, 4.69) is 5.32 Å². The van der Waals surface area contributed by atoms with Crippen LogP contribution in [0.1, 0.15) is 5.56 Å². The molecule has 2 rings (SSSR count). The highest BCUT2D eigenvalue weighted by molar-refractivity contribution is 6.01. The normalized spacial score (nSPS) is 10.5. The summed E-state index contributed by atoms with van der Waals surface area (Å²) in [6.45, 7) is 0. The molecule has 1 amide bonds. The number of carbonyl (C=O) groups excluding carboxylic acids is 1. The van der Waals surface area contributed by atoms with Gasteiger partial charge in [-0.3, -0.25) is 4.79 Å². The monoisotopic (exact) mass is 271 g/mol. The van der Waals surface area contributed by atoms with Crippen LogP contribution in [0, 0.1) is 5.82 Å². The van der Waals surface area contributed by atoms with Gasteiger partial charge in [-0.25, -0.2) is 4.39 Å². The molecule has 0 aliphatic carbocycles. The lowest BCUT2D eigenvalue weighted by Gasteiger charge is -2.03. The number of methoxy groups -OCH3 is 1. The SMILES string of the molecule is COc1ccc(/C=C/C(=O)Nc2ccccc2F)cc1. The van der Waals surface area contributed by atoms with Crippen molar-refractivity contribution in [2.24, 2.45) is 0 Å². The summed E-state index contributed by atoms with van der Waals surface area (Å²) in [5.74, 6) is -0.0948. The summed E-state index contributed by atoms with van der Waals surface area (Å²) >= 11 is 0. The summed E-state index contributed by atoms with van der Waals surface area (Å²) in [5.41, 5.74) is 1.02. The number of benzene rings is 2. The van der Waals surface area contributed by atoms with Gasteiger partial charge in [0, 0.05) is 6.08 Å². The summed E-state index contributed by atoms with van der Waals surface area (Å²) in [6, 6.07) is 13.3. The highest BCUT2D eigenvalue weighted by atomic mass is 19.1. The molecular weight excluding hydrogens is 257 g/mol. The molecule has 0 unspecified atom stereocenters. The maximum absolute atomic E-state index is 13.3. The second-order valence-corrected chi connectivity index (χ2v) is 4.08. The molecule has 0 aliphatic rings. The lowest BCUT2D eigenvalue weighted by atomic mass is 10.2. The second kappa shape index (κ2) is 6.52. The first-order valence-electron chi connectivity index (χ1n) is 6.06. The van der Waals surface area contributed by atoms with E-state index in [0.717, 1.165) is 11.3 Å². The number of nitrogens with one attached hydrogen (secondary N) is 1. The minimum Gasteiger partial charge on any atom is -0.497 e. The first-order valence-corrected chi connectivity index (χ1v) is 6.06. The minimum absolute atomic E-state index is 0.164. The van der Waals surface area contributed by atoms with Gasteiger partial charge in [-0.05, 0) is 35.9 Å². The number of anilines is 1. The van der Waals surface area contributed by atoms with E-state index in [1.165, 1.54) is 18.2 Å². The third kappa shape index (κ3) is 3.68. The van der Waals surface area contributed by atoms with Crippen LogP contribution in [0.3, 0.4) is 0 Å². The van der Waals surface area contributed by atoms with Crippen LogP contribution in [0.15, 0.2) is 54.6 Å². The molecule has 0 fully saturated rings. The fourth-order valence-electron chi connectivity index (χ4n) is 1.62. The predicted molar refractivity (Wildman–Crippen MR) is 77.1 cm³/mol. The van der Waals surface area contributed by atoms with Crippen LogP contribution in [0.2, 0.25) is 0 Å². The second-order valence-electron chi connectivity index (χ2n) is 4.08. The van der Waals surface area contributed by atoms with Crippen molar-refractivity contribution in [3.8, 4) is 5.75 Å². The van der Waals surface area contributed by atoms with Crippen molar-refractivity contribution in [3.63, 3.8) is 0 Å². The Morgan fingerprint density at radius 3 is 2.50 bits per heavy atom. The molecule has 2 aromatic carbocycles. The zero-order valence-corrected chi connectivity index (χ0v) is 11.0. The van der Waals surface area contributed by atoms with Gasteiger partial charge in [0.05, 0.1) is 12.8 Å². The Bertz CT molecular complexity index is 621. The fourth-order valence-corrected chi connectivity index (χ4v) is 1.62. The third-order valence-corrected chi connectivity index (χ3v) is 2.67. The van der Waals surface area contributed by atoms with Crippen LogP contribution in [-0.2, 0) is 4.79 Å². The molecular formula is C16H14FNO2. The van der Waals surface area contributed by atoms with Gasteiger partial charge in [0.15, 0.2) is 0 Å². The van der Waals surface area contributed by atoms with Crippen molar-refractivity contribution in [3.05, 3.63) is 66.0 Å². The van der Waals surface area contributed by atoms with E-state index in [9.17, 15) is 9.18 Å². The lowest BCUT2D eigenvalue weighted by Crippen LogP contribution is -2.08. The number of ether oxygens (including phenoxy) is 1. The molecule has 4 heteroatoms. The van der Waals surface area contributed by atoms with E-state index in [1.54, 1.807) is 37.5 Å². The largest absolute Gasteiger partial charge is 0.497 e. The molecule has 0 atom stereocenters. The maximum atomic E-state index is 13.3. The van der Waals surface area contributed by atoms with E-state index in [4.69, 9.17) is 4.74 Å². The molecule has 0 aromatic heterocycles.